The predicted molar refractivity (Wildman–Crippen MR) is 133 cm³/mol. The number of nitrogens with one attached hydrogen (secondary N) is 2. The van der Waals surface area contributed by atoms with Crippen LogP contribution in [0.2, 0.25) is 0 Å². The standard InChI is InChI=1S/C25H21F3N8O3/c1-13(37)32-21-9-16(3-5-30-21)39-19-11-31-23-22(17(19)10-29)36(2)24(35-23)33-15-7-18(14-4-6-38-12-14)34-20(8-15)25(26,27)28/h3,5,7-9,11,14H,4,6,12H2,1-2H3,(H,30,32,37)(H,31,33,34,35)/t14-/m1/s1. The highest BCUT2D eigenvalue weighted by Gasteiger charge is 2.34. The molecule has 0 unspecified atom stereocenters. The van der Waals surface area contributed by atoms with Gasteiger partial charge in [-0.3, -0.25) is 4.79 Å². The zero-order valence-corrected chi connectivity index (χ0v) is 20.7. The van der Waals surface area contributed by atoms with Gasteiger partial charge in [-0.05, 0) is 24.6 Å². The molecular weight excluding hydrogens is 517 g/mol. The van der Waals surface area contributed by atoms with Crippen molar-refractivity contribution in [1.29, 1.82) is 5.26 Å². The molecule has 0 aliphatic carbocycles. The highest BCUT2D eigenvalue weighted by atomic mass is 19.4. The smallest absolute Gasteiger partial charge is 0.433 e. The number of carbonyl (C=O) groups excluding carboxylic acids is 1. The van der Waals surface area contributed by atoms with Gasteiger partial charge < -0.3 is 24.7 Å². The van der Waals surface area contributed by atoms with Crippen molar-refractivity contribution in [2.45, 2.75) is 25.4 Å². The number of anilines is 3. The zero-order chi connectivity index (χ0) is 27.7. The molecule has 4 aromatic rings. The maximum atomic E-state index is 13.6. The van der Waals surface area contributed by atoms with E-state index in [0.29, 0.717) is 30.9 Å². The van der Waals surface area contributed by atoms with Crippen LogP contribution in [-0.4, -0.2) is 43.6 Å². The summed E-state index contributed by atoms with van der Waals surface area (Å²) in [6.45, 7) is 2.09. The van der Waals surface area contributed by atoms with E-state index in [4.69, 9.17) is 9.47 Å². The highest BCUT2D eigenvalue weighted by molar-refractivity contribution is 5.88. The third-order valence-electron chi connectivity index (χ3n) is 5.98. The molecule has 1 amide bonds. The Morgan fingerprint density at radius 1 is 1.26 bits per heavy atom. The molecule has 0 saturated carbocycles. The molecule has 4 aromatic heterocycles. The van der Waals surface area contributed by atoms with E-state index in [-0.39, 0.29) is 51.9 Å². The van der Waals surface area contributed by atoms with Crippen molar-refractivity contribution in [2.24, 2.45) is 7.05 Å². The van der Waals surface area contributed by atoms with E-state index >= 15 is 0 Å². The molecule has 14 heteroatoms. The van der Waals surface area contributed by atoms with Crippen molar-refractivity contribution in [3.05, 3.63) is 53.6 Å². The molecule has 200 valence electrons. The second kappa shape index (κ2) is 10.2. The number of pyridine rings is 3. The van der Waals surface area contributed by atoms with E-state index in [1.807, 2.05) is 0 Å². The zero-order valence-electron chi connectivity index (χ0n) is 20.7. The van der Waals surface area contributed by atoms with Crippen LogP contribution in [0.15, 0.2) is 36.7 Å². The molecule has 11 nitrogen and oxygen atoms in total. The van der Waals surface area contributed by atoms with Crippen molar-refractivity contribution in [1.82, 2.24) is 24.5 Å². The molecule has 0 bridgehead atoms. The number of hydrogen-bond donors (Lipinski definition) is 2. The number of aryl methyl sites for hydroxylation is 1. The van der Waals surface area contributed by atoms with E-state index in [9.17, 15) is 23.2 Å². The largest absolute Gasteiger partial charge is 0.454 e. The number of fused-ring (bicyclic) bond motifs is 1. The van der Waals surface area contributed by atoms with Crippen LogP contribution in [-0.2, 0) is 22.8 Å². The number of alkyl halides is 3. The lowest BCUT2D eigenvalue weighted by atomic mass is 10.0. The van der Waals surface area contributed by atoms with E-state index in [1.54, 1.807) is 13.1 Å². The number of hydrogen-bond acceptors (Lipinski definition) is 9. The van der Waals surface area contributed by atoms with Gasteiger partial charge in [0.25, 0.3) is 0 Å². The summed E-state index contributed by atoms with van der Waals surface area (Å²) in [5, 5.41) is 15.4. The topological polar surface area (TPSA) is 140 Å². The number of carbonyl (C=O) groups is 1. The average Bonchev–Trinajstić information content (AvgIpc) is 3.52. The van der Waals surface area contributed by atoms with Crippen LogP contribution in [0.1, 0.15) is 36.2 Å². The summed E-state index contributed by atoms with van der Waals surface area (Å²) < 4.78 is 53.5. The van der Waals surface area contributed by atoms with Gasteiger partial charge in [-0.1, -0.05) is 0 Å². The molecule has 2 N–H and O–H groups in total. The van der Waals surface area contributed by atoms with Gasteiger partial charge in [0.1, 0.15) is 34.4 Å². The fraction of sp³-hybridized carbons (Fsp3) is 0.280. The van der Waals surface area contributed by atoms with Crippen LogP contribution in [0.25, 0.3) is 11.2 Å². The van der Waals surface area contributed by atoms with E-state index in [0.717, 1.165) is 6.07 Å². The summed E-state index contributed by atoms with van der Waals surface area (Å²) in [6, 6.07) is 7.56. The summed E-state index contributed by atoms with van der Waals surface area (Å²) in [6.07, 6.45) is -1.32. The molecule has 5 rings (SSSR count). The first kappa shape index (κ1) is 25.9. The summed E-state index contributed by atoms with van der Waals surface area (Å²) >= 11 is 0. The van der Waals surface area contributed by atoms with Gasteiger partial charge in [0, 0.05) is 50.1 Å². The van der Waals surface area contributed by atoms with Crippen LogP contribution in [0.4, 0.5) is 30.6 Å². The van der Waals surface area contributed by atoms with Crippen molar-refractivity contribution in [2.75, 3.05) is 23.8 Å². The quantitative estimate of drug-likeness (QED) is 0.359. The van der Waals surface area contributed by atoms with E-state index in [1.165, 1.54) is 36.0 Å². The first-order valence-electron chi connectivity index (χ1n) is 11.7. The average molecular weight is 538 g/mol. The molecule has 1 saturated heterocycles. The Morgan fingerprint density at radius 3 is 2.77 bits per heavy atom. The first-order chi connectivity index (χ1) is 18.6. The molecule has 0 spiro atoms. The van der Waals surface area contributed by atoms with Crippen molar-refractivity contribution in [3.63, 3.8) is 0 Å². The lowest BCUT2D eigenvalue weighted by Crippen LogP contribution is -2.13. The highest BCUT2D eigenvalue weighted by Crippen LogP contribution is 2.35. The molecule has 1 aliphatic heterocycles. The maximum absolute atomic E-state index is 13.6. The number of nitrogens with zero attached hydrogens (tertiary/aromatic N) is 6. The SMILES string of the molecule is CC(=O)Nc1cc(Oc2cnc3nc(Nc4cc([C@@H]5CCOC5)nc(C(F)(F)F)c4)n(C)c3c2C#N)ccn1. The van der Waals surface area contributed by atoms with Crippen LogP contribution in [0, 0.1) is 11.3 Å². The lowest BCUT2D eigenvalue weighted by Gasteiger charge is -2.15. The molecule has 0 radical (unpaired) electrons. The number of amides is 1. The minimum absolute atomic E-state index is 0.107. The van der Waals surface area contributed by atoms with Gasteiger partial charge in [0.05, 0.1) is 12.8 Å². The van der Waals surface area contributed by atoms with Gasteiger partial charge in [0.15, 0.2) is 11.4 Å². The van der Waals surface area contributed by atoms with Gasteiger partial charge in [-0.15, -0.1) is 0 Å². The Hall–Kier alpha value is -4.77. The minimum Gasteiger partial charge on any atom is -0.454 e. The minimum atomic E-state index is -4.65. The Bertz CT molecular complexity index is 1610. The normalized spacial score (nSPS) is 15.2. The van der Waals surface area contributed by atoms with Crippen molar-refractivity contribution >= 4 is 34.5 Å². The van der Waals surface area contributed by atoms with E-state index < -0.39 is 11.9 Å². The van der Waals surface area contributed by atoms with Crippen LogP contribution in [0.5, 0.6) is 11.5 Å². The lowest BCUT2D eigenvalue weighted by molar-refractivity contribution is -0.141. The Balaban J connectivity index is 1.50. The summed E-state index contributed by atoms with van der Waals surface area (Å²) in [4.78, 5) is 27.8. The Morgan fingerprint density at radius 2 is 2.08 bits per heavy atom. The maximum Gasteiger partial charge on any atom is 0.433 e. The third kappa shape index (κ3) is 5.43. The van der Waals surface area contributed by atoms with Crippen LogP contribution < -0.4 is 15.4 Å². The van der Waals surface area contributed by atoms with Crippen molar-refractivity contribution < 1.29 is 27.4 Å². The molecule has 1 aliphatic rings. The molecule has 1 atom stereocenters. The van der Waals surface area contributed by atoms with Gasteiger partial charge in [-0.25, -0.2) is 15.0 Å². The third-order valence-corrected chi connectivity index (χ3v) is 5.98. The fourth-order valence-corrected chi connectivity index (χ4v) is 4.18. The Kier molecular flexibility index (Phi) is 6.75. The molecule has 1 fully saturated rings. The second-order valence-electron chi connectivity index (χ2n) is 8.79. The summed E-state index contributed by atoms with van der Waals surface area (Å²) in [5.74, 6) is 0.280. The molecular formula is C25H21F3N8O3. The number of imidazole rings is 1. The molecule has 0 aromatic carbocycles. The Labute approximate surface area is 219 Å². The predicted octanol–water partition coefficient (Wildman–Crippen LogP) is 4.65. The van der Waals surface area contributed by atoms with Gasteiger partial charge in [0.2, 0.25) is 11.9 Å². The second-order valence-corrected chi connectivity index (χ2v) is 8.79. The number of aromatic nitrogens is 5. The first-order valence-corrected chi connectivity index (χ1v) is 11.7. The molecule has 5 heterocycles. The fourth-order valence-electron chi connectivity index (χ4n) is 4.18. The van der Waals surface area contributed by atoms with Crippen LogP contribution >= 0.6 is 0 Å². The van der Waals surface area contributed by atoms with Crippen LogP contribution in [0.3, 0.4) is 0 Å². The van der Waals surface area contributed by atoms with E-state index in [2.05, 4.69) is 36.6 Å². The molecule has 39 heavy (non-hydrogen) atoms. The number of ether oxygens (including phenoxy) is 2. The number of nitriles is 1. The van der Waals surface area contributed by atoms with Crippen molar-refractivity contribution in [3.8, 4) is 17.6 Å². The van der Waals surface area contributed by atoms with Gasteiger partial charge >= 0.3 is 6.18 Å². The monoisotopic (exact) mass is 538 g/mol. The van der Waals surface area contributed by atoms with Gasteiger partial charge in [-0.2, -0.15) is 23.4 Å². The summed E-state index contributed by atoms with van der Waals surface area (Å²) in [7, 11) is 1.60. The summed E-state index contributed by atoms with van der Waals surface area (Å²) in [5.41, 5.74) is -0.0256. The number of halogens is 3. The number of rotatable bonds is 6.